The van der Waals surface area contributed by atoms with Crippen LogP contribution in [0.2, 0.25) is 0 Å². The van der Waals surface area contributed by atoms with Gasteiger partial charge in [0.25, 0.3) is 5.56 Å². The lowest BCUT2D eigenvalue weighted by atomic mass is 10.2. The predicted molar refractivity (Wildman–Crippen MR) is 95.8 cm³/mol. The quantitative estimate of drug-likeness (QED) is 0.553. The van der Waals surface area contributed by atoms with E-state index >= 15 is 0 Å². The van der Waals surface area contributed by atoms with Crippen LogP contribution < -0.4 is 10.3 Å². The summed E-state index contributed by atoms with van der Waals surface area (Å²) in [4.78, 5) is 20.7. The number of aromatic nitrogens is 4. The molecule has 0 saturated heterocycles. The fraction of sp³-hybridized carbons (Fsp3) is 0.111. The largest absolute Gasteiger partial charge is 0.473 e. The van der Waals surface area contributed by atoms with Crippen LogP contribution in [0.1, 0.15) is 11.1 Å². The van der Waals surface area contributed by atoms with E-state index in [0.717, 1.165) is 11.1 Å². The Morgan fingerprint density at radius 2 is 1.88 bits per heavy atom. The summed E-state index contributed by atoms with van der Waals surface area (Å²) in [6, 6.07) is 13.6. The van der Waals surface area contributed by atoms with Crippen LogP contribution in [-0.2, 0) is 13.2 Å². The Morgan fingerprint density at radius 3 is 2.68 bits per heavy atom. The molecule has 0 bridgehead atoms. The average Bonchev–Trinajstić information content (AvgIpc) is 3.14. The number of thiazole rings is 1. The molecule has 1 aromatic carbocycles. The highest BCUT2D eigenvalue weighted by Gasteiger charge is 2.07. The number of benzene rings is 1. The number of nitrogens with zero attached hydrogens (tertiary/aromatic N) is 4. The Bertz CT molecular complexity index is 1040. The van der Waals surface area contributed by atoms with Crippen molar-refractivity contribution in [3.05, 3.63) is 81.8 Å². The monoisotopic (exact) mass is 350 g/mol. The van der Waals surface area contributed by atoms with Crippen LogP contribution in [0.4, 0.5) is 0 Å². The predicted octanol–water partition coefficient (Wildman–Crippen LogP) is 2.88. The van der Waals surface area contributed by atoms with Crippen LogP contribution in [0.3, 0.4) is 0 Å². The van der Waals surface area contributed by atoms with Crippen molar-refractivity contribution in [2.24, 2.45) is 0 Å². The normalized spacial score (nSPS) is 10.9. The minimum atomic E-state index is -0.135. The molecule has 0 saturated carbocycles. The first kappa shape index (κ1) is 15.5. The van der Waals surface area contributed by atoms with Crippen molar-refractivity contribution in [1.82, 2.24) is 19.7 Å². The maximum absolute atomic E-state index is 12.3. The van der Waals surface area contributed by atoms with Gasteiger partial charge in [-0.1, -0.05) is 36.4 Å². The summed E-state index contributed by atoms with van der Waals surface area (Å²) in [6.07, 6.45) is 3.31. The van der Waals surface area contributed by atoms with Crippen LogP contribution in [0.25, 0.3) is 10.2 Å². The van der Waals surface area contributed by atoms with Crippen molar-refractivity contribution >= 4 is 21.6 Å². The van der Waals surface area contributed by atoms with Gasteiger partial charge in [-0.15, -0.1) is 11.3 Å². The summed E-state index contributed by atoms with van der Waals surface area (Å²) in [6.45, 7) is 0.828. The zero-order valence-corrected chi connectivity index (χ0v) is 14.0. The van der Waals surface area contributed by atoms with Crippen molar-refractivity contribution in [3.63, 3.8) is 0 Å². The van der Waals surface area contributed by atoms with Gasteiger partial charge in [-0.2, -0.15) is 5.10 Å². The molecule has 0 fully saturated rings. The lowest BCUT2D eigenvalue weighted by Gasteiger charge is -2.07. The zero-order chi connectivity index (χ0) is 17.1. The Hall–Kier alpha value is -3.06. The highest BCUT2D eigenvalue weighted by molar-refractivity contribution is 7.16. The molecule has 0 amide bonds. The van der Waals surface area contributed by atoms with Crippen molar-refractivity contribution in [3.8, 4) is 5.88 Å². The SMILES string of the molecule is O=c1c2scnc2cnn1Cc1ccc(OCc2ccccc2)nc1. The first-order chi connectivity index (χ1) is 12.3. The number of ether oxygens (including phenoxy) is 1. The highest BCUT2D eigenvalue weighted by Crippen LogP contribution is 2.13. The van der Waals surface area contributed by atoms with Gasteiger partial charge >= 0.3 is 0 Å². The number of pyridine rings is 1. The van der Waals surface area contributed by atoms with Crippen LogP contribution >= 0.6 is 11.3 Å². The first-order valence-corrected chi connectivity index (χ1v) is 8.58. The molecule has 4 aromatic rings. The molecular formula is C18H14N4O2S. The van der Waals surface area contributed by atoms with E-state index in [0.29, 0.717) is 29.2 Å². The summed E-state index contributed by atoms with van der Waals surface area (Å²) in [5, 5.41) is 4.16. The van der Waals surface area contributed by atoms with E-state index in [-0.39, 0.29) is 5.56 Å². The van der Waals surface area contributed by atoms with Crippen molar-refractivity contribution < 1.29 is 4.74 Å². The maximum Gasteiger partial charge on any atom is 0.286 e. The second kappa shape index (κ2) is 6.82. The molecule has 0 spiro atoms. The number of rotatable bonds is 5. The Balaban J connectivity index is 1.46. The van der Waals surface area contributed by atoms with Crippen molar-refractivity contribution in [1.29, 1.82) is 0 Å². The van der Waals surface area contributed by atoms with Gasteiger partial charge in [-0.05, 0) is 11.1 Å². The van der Waals surface area contributed by atoms with Crippen LogP contribution in [0.5, 0.6) is 5.88 Å². The van der Waals surface area contributed by atoms with E-state index in [2.05, 4.69) is 15.1 Å². The van der Waals surface area contributed by atoms with Gasteiger partial charge in [0, 0.05) is 12.3 Å². The molecule has 0 N–H and O–H groups in total. The van der Waals surface area contributed by atoms with Gasteiger partial charge in [0.2, 0.25) is 5.88 Å². The summed E-state index contributed by atoms with van der Waals surface area (Å²) in [5.74, 6) is 0.547. The van der Waals surface area contributed by atoms with Gasteiger partial charge in [0.15, 0.2) is 0 Å². The molecule has 0 aliphatic rings. The smallest absolute Gasteiger partial charge is 0.286 e. The van der Waals surface area contributed by atoms with Crippen LogP contribution in [-0.4, -0.2) is 19.7 Å². The summed E-state index contributed by atoms with van der Waals surface area (Å²) < 4.78 is 7.70. The lowest BCUT2D eigenvalue weighted by molar-refractivity contribution is 0.293. The minimum absolute atomic E-state index is 0.135. The van der Waals surface area contributed by atoms with Gasteiger partial charge in [-0.25, -0.2) is 14.6 Å². The van der Waals surface area contributed by atoms with Crippen molar-refractivity contribution in [2.45, 2.75) is 13.2 Å². The maximum atomic E-state index is 12.3. The Kier molecular flexibility index (Phi) is 4.22. The molecule has 3 heterocycles. The lowest BCUT2D eigenvalue weighted by Crippen LogP contribution is -2.22. The third-order valence-electron chi connectivity index (χ3n) is 3.70. The molecular weight excluding hydrogens is 336 g/mol. The highest BCUT2D eigenvalue weighted by atomic mass is 32.1. The molecule has 6 nitrogen and oxygen atoms in total. The van der Waals surface area contributed by atoms with Gasteiger partial charge in [0.1, 0.15) is 16.8 Å². The molecule has 3 aromatic heterocycles. The molecule has 25 heavy (non-hydrogen) atoms. The van der Waals surface area contributed by atoms with Crippen LogP contribution in [0.15, 0.2) is 65.2 Å². The summed E-state index contributed by atoms with van der Waals surface area (Å²) in [7, 11) is 0. The second-order valence-electron chi connectivity index (χ2n) is 5.45. The molecule has 0 aliphatic heterocycles. The fourth-order valence-corrected chi connectivity index (χ4v) is 3.11. The van der Waals surface area contributed by atoms with E-state index in [4.69, 9.17) is 4.74 Å². The molecule has 124 valence electrons. The second-order valence-corrected chi connectivity index (χ2v) is 6.31. The summed E-state index contributed by atoms with van der Waals surface area (Å²) >= 11 is 1.33. The molecule has 0 atom stereocenters. The van der Waals surface area contributed by atoms with E-state index in [1.165, 1.54) is 16.0 Å². The third-order valence-corrected chi connectivity index (χ3v) is 4.53. The molecule has 4 rings (SSSR count). The van der Waals surface area contributed by atoms with E-state index < -0.39 is 0 Å². The number of hydrogen-bond acceptors (Lipinski definition) is 6. The molecule has 0 radical (unpaired) electrons. The van der Waals surface area contributed by atoms with Gasteiger partial charge < -0.3 is 4.74 Å². The third kappa shape index (κ3) is 3.41. The Labute approximate surface area is 147 Å². The van der Waals surface area contributed by atoms with Crippen molar-refractivity contribution in [2.75, 3.05) is 0 Å². The molecule has 7 heteroatoms. The van der Waals surface area contributed by atoms with Gasteiger partial charge in [0.05, 0.1) is 18.3 Å². The number of fused-ring (bicyclic) bond motifs is 1. The van der Waals surface area contributed by atoms with Crippen LogP contribution in [0, 0.1) is 0 Å². The molecule has 0 aliphatic carbocycles. The van der Waals surface area contributed by atoms with E-state index in [9.17, 15) is 4.79 Å². The standard InChI is InChI=1S/C18H14N4O2S/c23-18-17-15(20-12-25-17)9-21-22(18)10-14-6-7-16(19-8-14)24-11-13-4-2-1-3-5-13/h1-9,12H,10-11H2. The summed E-state index contributed by atoms with van der Waals surface area (Å²) in [5.41, 5.74) is 4.12. The van der Waals surface area contributed by atoms with E-state index in [1.807, 2.05) is 36.4 Å². The number of hydrogen-bond donors (Lipinski definition) is 0. The average molecular weight is 350 g/mol. The van der Waals surface area contributed by atoms with Gasteiger partial charge in [-0.3, -0.25) is 4.79 Å². The topological polar surface area (TPSA) is 69.9 Å². The fourth-order valence-electron chi connectivity index (χ4n) is 2.41. The first-order valence-electron chi connectivity index (χ1n) is 7.70. The van der Waals surface area contributed by atoms with E-state index in [1.54, 1.807) is 24.0 Å². The minimum Gasteiger partial charge on any atom is -0.473 e. The molecule has 0 unspecified atom stereocenters. The Morgan fingerprint density at radius 1 is 1.00 bits per heavy atom. The zero-order valence-electron chi connectivity index (χ0n) is 13.2.